The Morgan fingerprint density at radius 3 is 2.45 bits per heavy atom. The zero-order chi connectivity index (χ0) is 20.8. The van der Waals surface area contributed by atoms with E-state index in [-0.39, 0.29) is 18.0 Å². The highest BCUT2D eigenvalue weighted by atomic mass is 16.5. The third kappa shape index (κ3) is 4.87. The zero-order valence-electron chi connectivity index (χ0n) is 16.5. The van der Waals surface area contributed by atoms with Crippen LogP contribution in [-0.4, -0.2) is 28.3 Å². The summed E-state index contributed by atoms with van der Waals surface area (Å²) in [6, 6.07) is 13.6. The van der Waals surface area contributed by atoms with Crippen molar-refractivity contribution in [3.8, 4) is 0 Å². The molecule has 3 rings (SSSR count). The van der Waals surface area contributed by atoms with Gasteiger partial charge in [0.1, 0.15) is 6.54 Å². The lowest BCUT2D eigenvalue weighted by Gasteiger charge is -2.10. The molecule has 0 spiro atoms. The Labute approximate surface area is 168 Å². The average molecular weight is 393 g/mol. The number of hydrogen-bond acceptors (Lipinski definition) is 5. The van der Waals surface area contributed by atoms with Crippen LogP contribution >= 0.6 is 0 Å². The predicted octanol–water partition coefficient (Wildman–Crippen LogP) is 3.30. The molecule has 7 heteroatoms. The first kappa shape index (κ1) is 20.3. The van der Waals surface area contributed by atoms with Gasteiger partial charge in [0.15, 0.2) is 0 Å². The molecule has 0 bridgehead atoms. The second kappa shape index (κ2) is 9.14. The van der Waals surface area contributed by atoms with E-state index in [4.69, 9.17) is 4.74 Å². The molecule has 1 amide bonds. The third-order valence-electron chi connectivity index (χ3n) is 4.48. The summed E-state index contributed by atoms with van der Waals surface area (Å²) in [5.41, 5.74) is 1.30. The highest BCUT2D eigenvalue weighted by molar-refractivity contribution is 5.93. The number of aromatic nitrogens is 2. The molecule has 0 radical (unpaired) electrons. The molecule has 2 aromatic carbocycles. The van der Waals surface area contributed by atoms with Crippen LogP contribution < -0.4 is 10.9 Å². The molecule has 0 unspecified atom stereocenters. The number of nitrogens with zero attached hydrogens (tertiary/aromatic N) is 2. The van der Waals surface area contributed by atoms with Gasteiger partial charge in [-0.1, -0.05) is 31.5 Å². The lowest BCUT2D eigenvalue weighted by atomic mass is 10.1. The van der Waals surface area contributed by atoms with Crippen molar-refractivity contribution in [2.45, 2.75) is 33.2 Å². The van der Waals surface area contributed by atoms with E-state index in [9.17, 15) is 14.4 Å². The Morgan fingerprint density at radius 2 is 1.76 bits per heavy atom. The smallest absolute Gasteiger partial charge is 0.338 e. The van der Waals surface area contributed by atoms with Gasteiger partial charge in [0.2, 0.25) is 5.91 Å². The van der Waals surface area contributed by atoms with Gasteiger partial charge < -0.3 is 10.1 Å². The van der Waals surface area contributed by atoms with Gasteiger partial charge in [-0.2, -0.15) is 5.10 Å². The maximum Gasteiger partial charge on any atom is 0.338 e. The van der Waals surface area contributed by atoms with E-state index in [1.165, 1.54) is 0 Å². The summed E-state index contributed by atoms with van der Waals surface area (Å²) in [5.74, 6) is -0.772. The molecule has 0 saturated heterocycles. The van der Waals surface area contributed by atoms with E-state index in [1.807, 2.05) is 19.1 Å². The molecule has 3 aromatic rings. The molecule has 0 aliphatic heterocycles. The SMILES string of the molecule is CCCCOC(=O)c1ccc(NC(=O)Cn2nc(C)c3ccccc3c2=O)cc1. The first-order chi connectivity index (χ1) is 14.0. The van der Waals surface area contributed by atoms with Gasteiger partial charge in [0, 0.05) is 11.1 Å². The number of unbranched alkanes of at least 4 members (excludes halogenated alkanes) is 1. The number of anilines is 1. The van der Waals surface area contributed by atoms with Crippen molar-refractivity contribution >= 4 is 28.3 Å². The van der Waals surface area contributed by atoms with Crippen molar-refractivity contribution < 1.29 is 14.3 Å². The average Bonchev–Trinajstić information content (AvgIpc) is 2.72. The quantitative estimate of drug-likeness (QED) is 0.491. The van der Waals surface area contributed by atoms with Gasteiger partial charge >= 0.3 is 5.97 Å². The molecule has 0 fully saturated rings. The summed E-state index contributed by atoms with van der Waals surface area (Å²) in [4.78, 5) is 36.9. The van der Waals surface area contributed by atoms with E-state index >= 15 is 0 Å². The molecular formula is C22H23N3O4. The van der Waals surface area contributed by atoms with Crippen molar-refractivity contribution in [2.24, 2.45) is 0 Å². The van der Waals surface area contributed by atoms with Crippen LogP contribution in [0.5, 0.6) is 0 Å². The highest BCUT2D eigenvalue weighted by Gasteiger charge is 2.12. The van der Waals surface area contributed by atoms with Crippen LogP contribution in [0.2, 0.25) is 0 Å². The summed E-state index contributed by atoms with van der Waals surface area (Å²) in [7, 11) is 0. The fraction of sp³-hybridized carbons (Fsp3) is 0.273. The largest absolute Gasteiger partial charge is 0.462 e. The van der Waals surface area contributed by atoms with Gasteiger partial charge in [-0.05, 0) is 43.7 Å². The van der Waals surface area contributed by atoms with Crippen molar-refractivity contribution in [3.63, 3.8) is 0 Å². The Hall–Kier alpha value is -3.48. The summed E-state index contributed by atoms with van der Waals surface area (Å²) in [6.45, 7) is 4.01. The lowest BCUT2D eigenvalue weighted by molar-refractivity contribution is -0.117. The minimum Gasteiger partial charge on any atom is -0.462 e. The number of ether oxygens (including phenoxy) is 1. The number of benzene rings is 2. The molecular weight excluding hydrogens is 370 g/mol. The number of aryl methyl sites for hydroxylation is 1. The van der Waals surface area contributed by atoms with Crippen LogP contribution in [0, 0.1) is 6.92 Å². The maximum absolute atomic E-state index is 12.6. The standard InChI is InChI=1S/C22H23N3O4/c1-3-4-13-29-22(28)16-9-11-17(12-10-16)23-20(26)14-25-21(27)19-8-6-5-7-18(19)15(2)24-25/h5-12H,3-4,13-14H2,1-2H3,(H,23,26). The molecule has 0 saturated carbocycles. The molecule has 0 aliphatic carbocycles. The minimum atomic E-state index is -0.390. The van der Waals surface area contributed by atoms with Crippen LogP contribution in [0.1, 0.15) is 35.8 Å². The van der Waals surface area contributed by atoms with Gasteiger partial charge in [0.25, 0.3) is 5.56 Å². The van der Waals surface area contributed by atoms with Crippen LogP contribution in [0.3, 0.4) is 0 Å². The highest BCUT2D eigenvalue weighted by Crippen LogP contribution is 2.13. The van der Waals surface area contributed by atoms with E-state index < -0.39 is 5.97 Å². The molecule has 1 heterocycles. The topological polar surface area (TPSA) is 90.3 Å². The molecule has 150 valence electrons. The molecule has 29 heavy (non-hydrogen) atoms. The van der Waals surface area contributed by atoms with E-state index in [2.05, 4.69) is 10.4 Å². The van der Waals surface area contributed by atoms with Gasteiger partial charge in [0.05, 0.1) is 23.3 Å². The number of hydrogen-bond donors (Lipinski definition) is 1. The number of amides is 1. The Balaban J connectivity index is 1.67. The number of fused-ring (bicyclic) bond motifs is 1. The Bertz CT molecular complexity index is 1090. The minimum absolute atomic E-state index is 0.203. The molecule has 1 N–H and O–H groups in total. The monoisotopic (exact) mass is 393 g/mol. The second-order valence-electron chi connectivity index (χ2n) is 6.71. The lowest BCUT2D eigenvalue weighted by Crippen LogP contribution is -2.30. The fourth-order valence-electron chi connectivity index (χ4n) is 2.93. The van der Waals surface area contributed by atoms with E-state index in [1.54, 1.807) is 43.3 Å². The number of esters is 1. The van der Waals surface area contributed by atoms with Crippen LogP contribution in [0.4, 0.5) is 5.69 Å². The number of rotatable bonds is 7. The number of carbonyl (C=O) groups is 2. The van der Waals surface area contributed by atoms with E-state index in [0.29, 0.717) is 28.9 Å². The van der Waals surface area contributed by atoms with Gasteiger partial charge in [-0.3, -0.25) is 9.59 Å². The molecule has 7 nitrogen and oxygen atoms in total. The van der Waals surface area contributed by atoms with Gasteiger partial charge in [-0.15, -0.1) is 0 Å². The summed E-state index contributed by atoms with van der Waals surface area (Å²) in [6.07, 6.45) is 1.77. The van der Waals surface area contributed by atoms with Crippen molar-refractivity contribution in [2.75, 3.05) is 11.9 Å². The summed E-state index contributed by atoms with van der Waals surface area (Å²) < 4.78 is 6.31. The van der Waals surface area contributed by atoms with Crippen LogP contribution in [-0.2, 0) is 16.1 Å². The van der Waals surface area contributed by atoms with Crippen molar-refractivity contribution in [3.05, 3.63) is 70.1 Å². The van der Waals surface area contributed by atoms with Crippen molar-refractivity contribution in [1.29, 1.82) is 0 Å². The molecule has 0 atom stereocenters. The second-order valence-corrected chi connectivity index (χ2v) is 6.71. The number of carbonyl (C=O) groups excluding carboxylic acids is 2. The summed E-state index contributed by atoms with van der Waals surface area (Å²) >= 11 is 0. The first-order valence-corrected chi connectivity index (χ1v) is 9.53. The predicted molar refractivity (Wildman–Crippen MR) is 111 cm³/mol. The van der Waals surface area contributed by atoms with E-state index in [0.717, 1.165) is 22.9 Å². The maximum atomic E-state index is 12.6. The summed E-state index contributed by atoms with van der Waals surface area (Å²) in [5, 5.41) is 8.25. The normalized spacial score (nSPS) is 10.7. The fourth-order valence-corrected chi connectivity index (χ4v) is 2.93. The van der Waals surface area contributed by atoms with Crippen LogP contribution in [0.25, 0.3) is 10.8 Å². The first-order valence-electron chi connectivity index (χ1n) is 9.53. The Kier molecular flexibility index (Phi) is 6.39. The third-order valence-corrected chi connectivity index (χ3v) is 4.48. The van der Waals surface area contributed by atoms with Crippen LogP contribution in [0.15, 0.2) is 53.3 Å². The Morgan fingerprint density at radius 1 is 1.07 bits per heavy atom. The van der Waals surface area contributed by atoms with Gasteiger partial charge in [-0.25, -0.2) is 9.48 Å². The zero-order valence-corrected chi connectivity index (χ0v) is 16.5. The molecule has 0 aliphatic rings. The van der Waals surface area contributed by atoms with Crippen molar-refractivity contribution in [1.82, 2.24) is 9.78 Å². The number of nitrogens with one attached hydrogen (secondary N) is 1. The molecule has 1 aromatic heterocycles.